The minimum Gasteiger partial charge on any atom is -0.496 e. The third-order valence-electron chi connectivity index (χ3n) is 5.13. The van der Waals surface area contributed by atoms with E-state index in [-0.39, 0.29) is 22.9 Å². The normalized spacial score (nSPS) is 23.3. The SMILES string of the molecule is COc1cccc2occ(C(=O)N3CCN4CCC3CC4)c(=O)c12. The second-order valence-corrected chi connectivity index (χ2v) is 6.38. The van der Waals surface area contributed by atoms with E-state index in [2.05, 4.69) is 4.90 Å². The summed E-state index contributed by atoms with van der Waals surface area (Å²) in [6.07, 6.45) is 3.23. The topological polar surface area (TPSA) is 63.0 Å². The molecule has 1 amide bonds. The van der Waals surface area contributed by atoms with Crippen LogP contribution >= 0.6 is 0 Å². The quantitative estimate of drug-likeness (QED) is 0.840. The van der Waals surface area contributed by atoms with Gasteiger partial charge in [0.2, 0.25) is 5.43 Å². The van der Waals surface area contributed by atoms with Crippen molar-refractivity contribution in [2.75, 3.05) is 33.3 Å². The number of carbonyl (C=O) groups is 1. The molecule has 5 rings (SSSR count). The third kappa shape index (κ3) is 2.38. The van der Waals surface area contributed by atoms with Crippen LogP contribution in [-0.2, 0) is 0 Å². The summed E-state index contributed by atoms with van der Waals surface area (Å²) >= 11 is 0. The number of ether oxygens (including phenoxy) is 1. The first-order valence-electron chi connectivity index (χ1n) is 8.31. The van der Waals surface area contributed by atoms with Crippen LogP contribution in [0, 0.1) is 0 Å². The fraction of sp³-hybridized carbons (Fsp3) is 0.444. The van der Waals surface area contributed by atoms with Crippen LogP contribution in [0.2, 0.25) is 0 Å². The Morgan fingerprint density at radius 3 is 2.75 bits per heavy atom. The number of amides is 1. The molecule has 3 aliphatic heterocycles. The number of nitrogens with zero attached hydrogens (tertiary/aromatic N) is 2. The van der Waals surface area contributed by atoms with Gasteiger partial charge < -0.3 is 19.0 Å². The lowest BCUT2D eigenvalue weighted by atomic mass is 10.0. The molecule has 24 heavy (non-hydrogen) atoms. The van der Waals surface area contributed by atoms with E-state index in [0.29, 0.717) is 23.3 Å². The number of hydrogen-bond acceptors (Lipinski definition) is 5. The molecule has 0 atom stereocenters. The largest absolute Gasteiger partial charge is 0.496 e. The average Bonchev–Trinajstić information content (AvgIpc) is 2.95. The van der Waals surface area contributed by atoms with E-state index in [1.54, 1.807) is 18.2 Å². The molecule has 6 heteroatoms. The van der Waals surface area contributed by atoms with Crippen LogP contribution < -0.4 is 10.2 Å². The molecule has 1 aromatic heterocycles. The number of carbonyl (C=O) groups excluding carboxylic acids is 1. The second-order valence-electron chi connectivity index (χ2n) is 6.38. The van der Waals surface area contributed by atoms with Crippen LogP contribution in [0.15, 0.2) is 33.7 Å². The van der Waals surface area contributed by atoms with Gasteiger partial charge in [0.25, 0.3) is 5.91 Å². The van der Waals surface area contributed by atoms with Crippen LogP contribution in [0.25, 0.3) is 11.0 Å². The number of rotatable bonds is 2. The van der Waals surface area contributed by atoms with Crippen molar-refractivity contribution in [2.45, 2.75) is 18.9 Å². The minimum absolute atomic E-state index is 0.0901. The first-order valence-corrected chi connectivity index (χ1v) is 8.31. The van der Waals surface area contributed by atoms with Crippen molar-refractivity contribution in [3.05, 3.63) is 40.2 Å². The van der Waals surface area contributed by atoms with Gasteiger partial charge in [-0.2, -0.15) is 0 Å². The molecule has 1 aromatic carbocycles. The van der Waals surface area contributed by atoms with E-state index in [9.17, 15) is 9.59 Å². The van der Waals surface area contributed by atoms with Crippen LogP contribution in [0.1, 0.15) is 23.2 Å². The molecule has 0 N–H and O–H groups in total. The van der Waals surface area contributed by atoms with Crippen molar-refractivity contribution in [3.8, 4) is 5.75 Å². The number of hydrogen-bond donors (Lipinski definition) is 0. The monoisotopic (exact) mass is 328 g/mol. The highest BCUT2D eigenvalue weighted by atomic mass is 16.5. The Hall–Kier alpha value is -2.34. The van der Waals surface area contributed by atoms with Gasteiger partial charge in [0, 0.05) is 32.2 Å². The van der Waals surface area contributed by atoms with Crippen LogP contribution in [0.3, 0.4) is 0 Å². The molecule has 0 radical (unpaired) electrons. The maximum absolute atomic E-state index is 13.0. The molecule has 3 saturated heterocycles. The summed E-state index contributed by atoms with van der Waals surface area (Å²) in [5.41, 5.74) is 0.198. The highest BCUT2D eigenvalue weighted by molar-refractivity contribution is 5.98. The number of fused-ring (bicyclic) bond motifs is 5. The summed E-state index contributed by atoms with van der Waals surface area (Å²) in [7, 11) is 1.50. The highest BCUT2D eigenvalue weighted by Gasteiger charge is 2.33. The van der Waals surface area contributed by atoms with Gasteiger partial charge in [-0.25, -0.2) is 0 Å². The highest BCUT2D eigenvalue weighted by Crippen LogP contribution is 2.25. The maximum Gasteiger partial charge on any atom is 0.261 e. The Kier molecular flexibility index (Phi) is 3.76. The molecule has 2 aromatic rings. The summed E-state index contributed by atoms with van der Waals surface area (Å²) in [6, 6.07) is 5.37. The first-order chi connectivity index (χ1) is 11.7. The first kappa shape index (κ1) is 15.2. The van der Waals surface area contributed by atoms with Gasteiger partial charge in [0.15, 0.2) is 0 Å². The zero-order valence-corrected chi connectivity index (χ0v) is 13.7. The Labute approximate surface area is 139 Å². The van der Waals surface area contributed by atoms with E-state index in [1.807, 2.05) is 4.90 Å². The van der Waals surface area contributed by atoms with Crippen molar-refractivity contribution < 1.29 is 13.9 Å². The fourth-order valence-corrected chi connectivity index (χ4v) is 3.77. The number of benzene rings is 1. The van der Waals surface area contributed by atoms with Crippen molar-refractivity contribution in [1.82, 2.24) is 9.80 Å². The zero-order valence-electron chi connectivity index (χ0n) is 13.7. The molecule has 0 saturated carbocycles. The molecule has 6 nitrogen and oxygen atoms in total. The molecular formula is C18H20N2O4. The van der Waals surface area contributed by atoms with Gasteiger partial charge in [0.1, 0.15) is 28.5 Å². The van der Waals surface area contributed by atoms with Crippen LogP contribution in [0.5, 0.6) is 5.75 Å². The standard InChI is InChI=1S/C18H20N2O4/c1-23-14-3-2-4-15-16(14)17(21)13(11-24-15)18(22)20-10-9-19-7-5-12(20)6-8-19/h2-4,11-12H,5-10H2,1H3. The van der Waals surface area contributed by atoms with E-state index >= 15 is 0 Å². The molecule has 0 aliphatic carbocycles. The van der Waals surface area contributed by atoms with Gasteiger partial charge >= 0.3 is 0 Å². The molecular weight excluding hydrogens is 308 g/mol. The smallest absolute Gasteiger partial charge is 0.261 e. The Morgan fingerprint density at radius 2 is 2.00 bits per heavy atom. The predicted molar refractivity (Wildman–Crippen MR) is 89.5 cm³/mol. The fourth-order valence-electron chi connectivity index (χ4n) is 3.77. The average molecular weight is 328 g/mol. The molecule has 0 unspecified atom stereocenters. The summed E-state index contributed by atoms with van der Waals surface area (Å²) in [6.45, 7) is 3.57. The number of methoxy groups -OCH3 is 1. The minimum atomic E-state index is -0.321. The van der Waals surface area contributed by atoms with Crippen LogP contribution in [0.4, 0.5) is 0 Å². The molecule has 126 valence electrons. The lowest BCUT2D eigenvalue weighted by Crippen LogP contribution is -2.43. The zero-order chi connectivity index (χ0) is 16.7. The van der Waals surface area contributed by atoms with Gasteiger partial charge in [-0.05, 0) is 25.0 Å². The van der Waals surface area contributed by atoms with E-state index in [0.717, 1.165) is 32.5 Å². The van der Waals surface area contributed by atoms with Gasteiger partial charge in [-0.3, -0.25) is 9.59 Å². The Bertz CT molecular complexity index is 837. The molecule has 4 heterocycles. The van der Waals surface area contributed by atoms with Crippen molar-refractivity contribution in [2.24, 2.45) is 0 Å². The lowest BCUT2D eigenvalue weighted by Gasteiger charge is -2.31. The van der Waals surface area contributed by atoms with E-state index < -0.39 is 0 Å². The van der Waals surface area contributed by atoms with E-state index in [1.165, 1.54) is 13.4 Å². The predicted octanol–water partition coefficient (Wildman–Crippen LogP) is 1.72. The van der Waals surface area contributed by atoms with Crippen LogP contribution in [-0.4, -0.2) is 55.0 Å². The molecule has 0 spiro atoms. The number of piperidine rings is 1. The summed E-state index contributed by atoms with van der Waals surface area (Å²) < 4.78 is 10.8. The van der Waals surface area contributed by atoms with Gasteiger partial charge in [-0.15, -0.1) is 0 Å². The lowest BCUT2D eigenvalue weighted by molar-refractivity contribution is 0.0681. The summed E-state index contributed by atoms with van der Waals surface area (Å²) in [5.74, 6) is 0.198. The maximum atomic E-state index is 13.0. The Balaban J connectivity index is 1.77. The third-order valence-corrected chi connectivity index (χ3v) is 5.13. The Morgan fingerprint density at radius 1 is 1.21 bits per heavy atom. The van der Waals surface area contributed by atoms with Crippen molar-refractivity contribution in [3.63, 3.8) is 0 Å². The second kappa shape index (κ2) is 5.94. The van der Waals surface area contributed by atoms with Gasteiger partial charge in [0.05, 0.1) is 7.11 Å². The summed E-state index contributed by atoms with van der Waals surface area (Å²) in [5, 5.41) is 0.328. The van der Waals surface area contributed by atoms with E-state index in [4.69, 9.17) is 9.15 Å². The molecule has 3 aliphatic rings. The summed E-state index contributed by atoms with van der Waals surface area (Å²) in [4.78, 5) is 30.1. The van der Waals surface area contributed by atoms with Crippen molar-refractivity contribution >= 4 is 16.9 Å². The molecule has 2 bridgehead atoms. The van der Waals surface area contributed by atoms with Crippen molar-refractivity contribution in [1.29, 1.82) is 0 Å². The van der Waals surface area contributed by atoms with Gasteiger partial charge in [-0.1, -0.05) is 6.07 Å². The molecule has 3 fully saturated rings.